The lowest BCUT2D eigenvalue weighted by Crippen LogP contribution is -2.37. The van der Waals surface area contributed by atoms with E-state index in [-0.39, 0.29) is 25.6 Å². The van der Waals surface area contributed by atoms with Crippen LogP contribution in [0.2, 0.25) is 0 Å². The third kappa shape index (κ3) is 36.8. The minimum atomic E-state index is -4.36. The number of rotatable bonds is 38. The Morgan fingerprint density at radius 3 is 1.44 bits per heavy atom. The molecule has 1 N–H and O–H groups in total. The number of ether oxygens (including phenoxy) is 2. The van der Waals surface area contributed by atoms with E-state index in [4.69, 9.17) is 18.5 Å². The quantitative estimate of drug-likeness (QED) is 0.0289. The maximum atomic E-state index is 12.6. The van der Waals surface area contributed by atoms with Crippen LogP contribution in [-0.2, 0) is 32.7 Å². The molecule has 0 rings (SSSR count). The Kier molecular flexibility index (Phi) is 33.2. The summed E-state index contributed by atoms with van der Waals surface area (Å²) >= 11 is 0. The van der Waals surface area contributed by atoms with Crippen LogP contribution in [0.1, 0.15) is 194 Å². The molecule has 0 bridgehead atoms. The number of likely N-dealkylation sites (N-methyl/N-ethyl adjacent to an activating group) is 1. The molecule has 0 aromatic heterocycles. The van der Waals surface area contributed by atoms with Crippen molar-refractivity contribution in [2.45, 2.75) is 200 Å². The molecule has 0 spiro atoms. The van der Waals surface area contributed by atoms with Gasteiger partial charge in [-0.3, -0.25) is 18.6 Å². The van der Waals surface area contributed by atoms with Gasteiger partial charge < -0.3 is 18.9 Å². The van der Waals surface area contributed by atoms with Crippen LogP contribution in [0.25, 0.3) is 0 Å². The van der Waals surface area contributed by atoms with Crippen LogP contribution in [0.15, 0.2) is 0 Å². The number of unbranched alkanes of at least 4 members (excludes halogenated alkanes) is 24. The SMILES string of the molecule is CCCCCCCCCCCCCCCC(=O)OC[C@H](COP(=O)(O)OCC[N+](C)(C)C)O[14C](=O)CCCCCCCCCCCCCCC. The molecule has 0 radical (unpaired) electrons. The van der Waals surface area contributed by atoms with Gasteiger partial charge in [0.25, 0.3) is 0 Å². The monoisotopic (exact) mass is 737 g/mol. The van der Waals surface area contributed by atoms with Gasteiger partial charge in [-0.1, -0.05) is 168 Å². The molecule has 0 aliphatic heterocycles. The Hall–Kier alpha value is -0.990. The number of quaternary nitrogens is 1. The predicted molar refractivity (Wildman–Crippen MR) is 206 cm³/mol. The number of phosphoric acid groups is 1. The minimum absolute atomic E-state index is 0.0366. The minimum Gasteiger partial charge on any atom is -0.462 e. The molecule has 298 valence electrons. The van der Waals surface area contributed by atoms with Gasteiger partial charge in [0.05, 0.1) is 27.7 Å². The Morgan fingerprint density at radius 1 is 0.620 bits per heavy atom. The lowest BCUT2D eigenvalue weighted by atomic mass is 10.0. The largest absolute Gasteiger partial charge is 0.472 e. The normalized spacial score (nSPS) is 13.6. The van der Waals surface area contributed by atoms with Gasteiger partial charge in [0, 0.05) is 12.8 Å². The molecule has 0 aromatic rings. The van der Waals surface area contributed by atoms with Crippen LogP contribution in [0.4, 0.5) is 0 Å². The first-order chi connectivity index (χ1) is 24.0. The highest BCUT2D eigenvalue weighted by molar-refractivity contribution is 7.47. The molecule has 1 unspecified atom stereocenters. The van der Waals surface area contributed by atoms with Crippen LogP contribution < -0.4 is 0 Å². The fraction of sp³-hybridized carbons (Fsp3) is 0.950. The molecule has 0 aliphatic rings. The molecule has 10 heteroatoms. The topological polar surface area (TPSA) is 108 Å². The van der Waals surface area contributed by atoms with Crippen LogP contribution >= 0.6 is 7.82 Å². The van der Waals surface area contributed by atoms with Crippen molar-refractivity contribution in [3.05, 3.63) is 0 Å². The Morgan fingerprint density at radius 2 is 1.02 bits per heavy atom. The van der Waals surface area contributed by atoms with E-state index >= 15 is 0 Å². The molecule has 0 aromatic carbocycles. The van der Waals surface area contributed by atoms with Gasteiger partial charge in [-0.2, -0.15) is 0 Å². The van der Waals surface area contributed by atoms with Crippen molar-refractivity contribution in [3.63, 3.8) is 0 Å². The van der Waals surface area contributed by atoms with Gasteiger partial charge in [-0.15, -0.1) is 0 Å². The van der Waals surface area contributed by atoms with Gasteiger partial charge >= 0.3 is 19.8 Å². The molecule has 0 saturated heterocycles. The van der Waals surface area contributed by atoms with Crippen molar-refractivity contribution in [3.8, 4) is 0 Å². The molecule has 0 fully saturated rings. The maximum Gasteiger partial charge on any atom is 0.472 e. The first kappa shape index (κ1) is 49.0. The van der Waals surface area contributed by atoms with Gasteiger partial charge in [-0.25, -0.2) is 4.57 Å². The van der Waals surface area contributed by atoms with E-state index in [1.165, 1.54) is 128 Å². The van der Waals surface area contributed by atoms with E-state index < -0.39 is 26.5 Å². The zero-order chi connectivity index (χ0) is 37.2. The van der Waals surface area contributed by atoms with Crippen molar-refractivity contribution < 1.29 is 42.1 Å². The summed E-state index contributed by atoms with van der Waals surface area (Å²) in [6.45, 7) is 4.44. The Balaban J connectivity index is 4.36. The fourth-order valence-electron chi connectivity index (χ4n) is 5.84. The van der Waals surface area contributed by atoms with E-state index in [0.717, 1.165) is 38.5 Å². The summed E-state index contributed by atoms with van der Waals surface area (Å²) < 4.78 is 34.2. The van der Waals surface area contributed by atoms with E-state index in [2.05, 4.69) is 13.8 Å². The summed E-state index contributed by atoms with van der Waals surface area (Å²) in [5, 5.41) is 0. The number of esters is 2. The van der Waals surface area contributed by atoms with Crippen LogP contribution in [0.5, 0.6) is 0 Å². The highest BCUT2D eigenvalue weighted by Gasteiger charge is 2.27. The average Bonchev–Trinajstić information content (AvgIpc) is 3.06. The zero-order valence-electron chi connectivity index (χ0n) is 33.4. The smallest absolute Gasteiger partial charge is 0.462 e. The average molecular weight is 737 g/mol. The van der Waals surface area contributed by atoms with Crippen LogP contribution in [-0.4, -0.2) is 74.9 Å². The molecule has 9 nitrogen and oxygen atoms in total. The molecule has 2 atom stereocenters. The zero-order valence-corrected chi connectivity index (χ0v) is 34.3. The summed E-state index contributed by atoms with van der Waals surface area (Å²) in [4.78, 5) is 35.2. The molecular weight excluding hydrogens is 655 g/mol. The lowest BCUT2D eigenvalue weighted by Gasteiger charge is -2.24. The standard InChI is InChI=1S/C40H80NO8P/c1-6-8-10-12-14-16-18-20-22-24-26-28-30-32-39(42)46-36-38(37-48-50(44,45)47-35-34-41(3,4)5)49-40(43)33-31-29-27-25-23-21-19-17-15-13-11-9-7-2/h38H,6-37H2,1-5H3/p+1/t38-/m1/s1/i40+2. The molecule has 0 heterocycles. The summed E-state index contributed by atoms with van der Waals surface area (Å²) in [6.07, 6.45) is 31.4. The van der Waals surface area contributed by atoms with E-state index in [1.54, 1.807) is 0 Å². The Bertz CT molecular complexity index is 835. The van der Waals surface area contributed by atoms with E-state index in [9.17, 15) is 19.0 Å². The second-order valence-corrected chi connectivity index (χ2v) is 16.8. The van der Waals surface area contributed by atoms with E-state index in [0.29, 0.717) is 17.4 Å². The fourth-order valence-corrected chi connectivity index (χ4v) is 6.58. The second-order valence-electron chi connectivity index (χ2n) is 15.4. The number of carbonyl (C=O) groups excluding carboxylic acids is 2. The Labute approximate surface area is 308 Å². The van der Waals surface area contributed by atoms with E-state index in [1.807, 2.05) is 21.1 Å². The van der Waals surface area contributed by atoms with Gasteiger partial charge in [0.1, 0.15) is 19.8 Å². The van der Waals surface area contributed by atoms with Crippen LogP contribution in [0, 0.1) is 0 Å². The summed E-state index contributed by atoms with van der Waals surface area (Å²) in [5.41, 5.74) is 0. The third-order valence-electron chi connectivity index (χ3n) is 9.14. The van der Waals surface area contributed by atoms with Crippen molar-refractivity contribution in [2.75, 3.05) is 47.5 Å². The molecular formula is C40H81NO8P+. The maximum absolute atomic E-state index is 12.6. The number of hydrogen-bond acceptors (Lipinski definition) is 7. The number of nitrogens with zero attached hydrogens (tertiary/aromatic N) is 1. The highest BCUT2D eigenvalue weighted by Crippen LogP contribution is 2.43. The molecule has 0 saturated carbocycles. The van der Waals surface area contributed by atoms with Gasteiger partial charge in [0.15, 0.2) is 6.10 Å². The number of hydrogen-bond donors (Lipinski definition) is 1. The first-order valence-electron chi connectivity index (χ1n) is 20.8. The predicted octanol–water partition coefficient (Wildman–Crippen LogP) is 11.2. The van der Waals surface area contributed by atoms with Crippen molar-refractivity contribution in [1.82, 2.24) is 0 Å². The van der Waals surface area contributed by atoms with Gasteiger partial charge in [0.2, 0.25) is 0 Å². The van der Waals surface area contributed by atoms with Crippen LogP contribution in [0.3, 0.4) is 0 Å². The highest BCUT2D eigenvalue weighted by atomic mass is 31.2. The summed E-state index contributed by atoms with van der Waals surface area (Å²) in [6, 6.07) is 0. The molecule has 0 amide bonds. The summed E-state index contributed by atoms with van der Waals surface area (Å²) in [7, 11) is 1.49. The number of phosphoric ester groups is 1. The van der Waals surface area contributed by atoms with Crippen molar-refractivity contribution in [2.24, 2.45) is 0 Å². The van der Waals surface area contributed by atoms with Gasteiger partial charge in [-0.05, 0) is 12.8 Å². The summed E-state index contributed by atoms with van der Waals surface area (Å²) in [5.74, 6) is -0.787. The first-order valence-corrected chi connectivity index (χ1v) is 22.3. The van der Waals surface area contributed by atoms with Crippen molar-refractivity contribution >= 4 is 19.8 Å². The molecule has 50 heavy (non-hydrogen) atoms. The number of carbonyl (C=O) groups is 2. The lowest BCUT2D eigenvalue weighted by molar-refractivity contribution is -0.870. The van der Waals surface area contributed by atoms with Crippen molar-refractivity contribution in [1.29, 1.82) is 0 Å². The second kappa shape index (κ2) is 33.8. The third-order valence-corrected chi connectivity index (χ3v) is 10.1. The molecule has 0 aliphatic carbocycles.